The number of carbonyl (C=O) groups is 1. The SMILES string of the molecule is COC(=O)c1cc(N)cnc1NC1CCC(SC)C1. The zero-order chi connectivity index (χ0) is 13.8. The number of thioether (sulfide) groups is 1. The van der Waals surface area contributed by atoms with Crippen LogP contribution in [0.1, 0.15) is 29.6 Å². The predicted molar refractivity (Wildman–Crippen MR) is 78.6 cm³/mol. The van der Waals surface area contributed by atoms with Gasteiger partial charge in [0.05, 0.1) is 19.0 Å². The van der Waals surface area contributed by atoms with Gasteiger partial charge in [-0.25, -0.2) is 9.78 Å². The number of rotatable bonds is 4. The number of hydrogen-bond donors (Lipinski definition) is 2. The molecule has 0 saturated heterocycles. The van der Waals surface area contributed by atoms with Gasteiger partial charge >= 0.3 is 5.97 Å². The van der Waals surface area contributed by atoms with Crippen molar-refractivity contribution in [3.05, 3.63) is 17.8 Å². The number of ether oxygens (including phenoxy) is 1. The molecule has 0 aliphatic heterocycles. The molecule has 0 bridgehead atoms. The number of carbonyl (C=O) groups excluding carboxylic acids is 1. The molecular formula is C13H19N3O2S. The second kappa shape index (κ2) is 6.14. The van der Waals surface area contributed by atoms with Crippen LogP contribution in [0.25, 0.3) is 0 Å². The summed E-state index contributed by atoms with van der Waals surface area (Å²) >= 11 is 1.89. The van der Waals surface area contributed by atoms with E-state index in [9.17, 15) is 4.79 Å². The maximum Gasteiger partial charge on any atom is 0.341 e. The number of aromatic nitrogens is 1. The zero-order valence-corrected chi connectivity index (χ0v) is 12.0. The maximum absolute atomic E-state index is 11.7. The molecule has 3 N–H and O–H groups in total. The minimum absolute atomic E-state index is 0.358. The van der Waals surface area contributed by atoms with Gasteiger partial charge in [0, 0.05) is 11.3 Å². The molecule has 0 radical (unpaired) electrons. The van der Waals surface area contributed by atoms with E-state index in [1.165, 1.54) is 13.5 Å². The van der Waals surface area contributed by atoms with Crippen molar-refractivity contribution in [2.24, 2.45) is 0 Å². The van der Waals surface area contributed by atoms with Gasteiger partial charge in [0.1, 0.15) is 11.4 Å². The van der Waals surface area contributed by atoms with Crippen LogP contribution in [0, 0.1) is 0 Å². The minimum Gasteiger partial charge on any atom is -0.465 e. The van der Waals surface area contributed by atoms with Crippen LogP contribution in [0.2, 0.25) is 0 Å². The summed E-state index contributed by atoms with van der Waals surface area (Å²) in [4.78, 5) is 15.9. The third-order valence-electron chi connectivity index (χ3n) is 3.37. The van der Waals surface area contributed by atoms with Gasteiger partial charge in [-0.15, -0.1) is 0 Å². The van der Waals surface area contributed by atoms with Crippen molar-refractivity contribution < 1.29 is 9.53 Å². The van der Waals surface area contributed by atoms with Crippen LogP contribution >= 0.6 is 11.8 Å². The summed E-state index contributed by atoms with van der Waals surface area (Å²) in [6.45, 7) is 0. The van der Waals surface area contributed by atoms with E-state index in [0.717, 1.165) is 12.8 Å². The Morgan fingerprint density at radius 1 is 1.58 bits per heavy atom. The highest BCUT2D eigenvalue weighted by atomic mass is 32.2. The molecule has 0 aromatic carbocycles. The quantitative estimate of drug-likeness (QED) is 0.823. The Morgan fingerprint density at radius 3 is 3.00 bits per heavy atom. The topological polar surface area (TPSA) is 77.2 Å². The lowest BCUT2D eigenvalue weighted by Gasteiger charge is -2.16. The molecule has 1 aliphatic carbocycles. The molecule has 1 heterocycles. The highest BCUT2D eigenvalue weighted by molar-refractivity contribution is 7.99. The highest BCUT2D eigenvalue weighted by Crippen LogP contribution is 2.30. The molecule has 0 spiro atoms. The lowest BCUT2D eigenvalue weighted by Crippen LogP contribution is -2.20. The molecule has 5 nitrogen and oxygen atoms in total. The number of nitrogen functional groups attached to an aromatic ring is 1. The van der Waals surface area contributed by atoms with Gasteiger partial charge in [-0.05, 0) is 31.6 Å². The number of nitrogens with two attached hydrogens (primary N) is 1. The first-order valence-electron chi connectivity index (χ1n) is 6.27. The number of methoxy groups -OCH3 is 1. The summed E-state index contributed by atoms with van der Waals surface area (Å²) in [6, 6.07) is 1.96. The first-order chi connectivity index (χ1) is 9.13. The standard InChI is InChI=1S/C13H19N3O2S/c1-18-13(17)11-5-8(14)7-15-12(11)16-9-3-4-10(6-9)19-2/h5,7,9-10H,3-4,6,14H2,1-2H3,(H,15,16). The molecule has 1 fully saturated rings. The lowest BCUT2D eigenvalue weighted by atomic mass is 10.2. The van der Waals surface area contributed by atoms with Gasteiger partial charge in [0.25, 0.3) is 0 Å². The number of nitrogens with one attached hydrogen (secondary N) is 1. The van der Waals surface area contributed by atoms with Crippen molar-refractivity contribution in [2.75, 3.05) is 24.4 Å². The van der Waals surface area contributed by atoms with Crippen LogP contribution in [0.5, 0.6) is 0 Å². The number of pyridine rings is 1. The molecule has 2 atom stereocenters. The Hall–Kier alpha value is -1.43. The van der Waals surface area contributed by atoms with Gasteiger partial charge in [-0.3, -0.25) is 0 Å². The Bertz CT molecular complexity index is 467. The van der Waals surface area contributed by atoms with E-state index < -0.39 is 5.97 Å². The molecular weight excluding hydrogens is 262 g/mol. The van der Waals surface area contributed by atoms with Crippen molar-refractivity contribution in [1.82, 2.24) is 4.98 Å². The Balaban J connectivity index is 2.14. The molecule has 1 saturated carbocycles. The lowest BCUT2D eigenvalue weighted by molar-refractivity contribution is 0.0601. The first-order valence-corrected chi connectivity index (χ1v) is 7.56. The summed E-state index contributed by atoms with van der Waals surface area (Å²) < 4.78 is 4.76. The molecule has 1 aromatic heterocycles. The number of hydrogen-bond acceptors (Lipinski definition) is 6. The van der Waals surface area contributed by atoms with Gasteiger partial charge in [0.15, 0.2) is 0 Å². The minimum atomic E-state index is -0.415. The summed E-state index contributed by atoms with van der Waals surface area (Å²) in [5.74, 6) is 0.148. The summed E-state index contributed by atoms with van der Waals surface area (Å²) in [5, 5.41) is 4.02. The van der Waals surface area contributed by atoms with Gasteiger partial charge in [-0.2, -0.15) is 11.8 Å². The van der Waals surface area contributed by atoms with Gasteiger partial charge in [0.2, 0.25) is 0 Å². The highest BCUT2D eigenvalue weighted by Gasteiger charge is 2.25. The molecule has 2 rings (SSSR count). The number of nitrogens with zero attached hydrogens (tertiary/aromatic N) is 1. The van der Waals surface area contributed by atoms with E-state index in [2.05, 4.69) is 16.6 Å². The van der Waals surface area contributed by atoms with E-state index in [0.29, 0.717) is 28.4 Å². The van der Waals surface area contributed by atoms with Crippen molar-refractivity contribution >= 4 is 29.2 Å². The van der Waals surface area contributed by atoms with Gasteiger partial charge in [-0.1, -0.05) is 0 Å². The van der Waals surface area contributed by atoms with Crippen LogP contribution < -0.4 is 11.1 Å². The van der Waals surface area contributed by atoms with Crippen molar-refractivity contribution in [3.63, 3.8) is 0 Å². The molecule has 0 amide bonds. The molecule has 104 valence electrons. The van der Waals surface area contributed by atoms with Crippen molar-refractivity contribution in [2.45, 2.75) is 30.6 Å². The molecule has 6 heteroatoms. The Morgan fingerprint density at radius 2 is 2.37 bits per heavy atom. The van der Waals surface area contributed by atoms with E-state index in [1.54, 1.807) is 12.3 Å². The molecule has 2 unspecified atom stereocenters. The Labute approximate surface area is 117 Å². The number of anilines is 2. The van der Waals surface area contributed by atoms with E-state index in [1.807, 2.05) is 11.8 Å². The average molecular weight is 281 g/mol. The van der Waals surface area contributed by atoms with Crippen molar-refractivity contribution in [1.29, 1.82) is 0 Å². The fraction of sp³-hybridized carbons (Fsp3) is 0.538. The van der Waals surface area contributed by atoms with Crippen LogP contribution in [0.15, 0.2) is 12.3 Å². The monoisotopic (exact) mass is 281 g/mol. The molecule has 1 aliphatic rings. The smallest absolute Gasteiger partial charge is 0.341 e. The fourth-order valence-corrected chi connectivity index (χ4v) is 3.14. The van der Waals surface area contributed by atoms with E-state index in [4.69, 9.17) is 10.5 Å². The fourth-order valence-electron chi connectivity index (χ4n) is 2.34. The van der Waals surface area contributed by atoms with Crippen molar-refractivity contribution in [3.8, 4) is 0 Å². The number of esters is 1. The van der Waals surface area contributed by atoms with E-state index in [-0.39, 0.29) is 0 Å². The van der Waals surface area contributed by atoms with E-state index >= 15 is 0 Å². The largest absolute Gasteiger partial charge is 0.465 e. The normalized spacial score (nSPS) is 22.2. The predicted octanol–water partition coefficient (Wildman–Crippen LogP) is 2.15. The van der Waals surface area contributed by atoms with Crippen LogP contribution in [-0.4, -0.2) is 35.6 Å². The summed E-state index contributed by atoms with van der Waals surface area (Å²) in [6.07, 6.45) is 7.07. The maximum atomic E-state index is 11.7. The Kier molecular flexibility index (Phi) is 4.52. The summed E-state index contributed by atoms with van der Waals surface area (Å²) in [7, 11) is 1.36. The van der Waals surface area contributed by atoms with Crippen LogP contribution in [0.3, 0.4) is 0 Å². The zero-order valence-electron chi connectivity index (χ0n) is 11.2. The third-order valence-corrected chi connectivity index (χ3v) is 4.47. The third kappa shape index (κ3) is 3.32. The first kappa shape index (κ1) is 14.0. The average Bonchev–Trinajstić information content (AvgIpc) is 2.87. The molecule has 1 aromatic rings. The summed E-state index contributed by atoms with van der Waals surface area (Å²) in [5.41, 5.74) is 6.53. The van der Waals surface area contributed by atoms with Crippen LogP contribution in [-0.2, 0) is 4.74 Å². The van der Waals surface area contributed by atoms with Gasteiger partial charge < -0.3 is 15.8 Å². The second-order valence-electron chi connectivity index (χ2n) is 4.67. The molecule has 19 heavy (non-hydrogen) atoms. The second-order valence-corrected chi connectivity index (χ2v) is 5.81. The van der Waals surface area contributed by atoms with Crippen LogP contribution in [0.4, 0.5) is 11.5 Å².